The molecule has 0 saturated carbocycles. The van der Waals surface area contributed by atoms with Crippen molar-refractivity contribution in [2.45, 2.75) is 13.0 Å². The van der Waals surface area contributed by atoms with Crippen LogP contribution in [-0.2, 0) is 0 Å². The number of thiophene rings is 1. The third-order valence-corrected chi connectivity index (χ3v) is 4.29. The highest BCUT2D eigenvalue weighted by molar-refractivity contribution is 7.10. The van der Waals surface area contributed by atoms with Gasteiger partial charge in [0.15, 0.2) is 0 Å². The maximum Gasteiger partial charge on any atom is 0.204 e. The lowest BCUT2D eigenvalue weighted by Crippen LogP contribution is -2.22. The molecule has 20 heavy (non-hydrogen) atoms. The van der Waals surface area contributed by atoms with E-state index in [1.807, 2.05) is 30.3 Å². The van der Waals surface area contributed by atoms with Gasteiger partial charge in [-0.2, -0.15) is 4.80 Å². The highest BCUT2D eigenvalue weighted by Gasteiger charge is 2.19. The van der Waals surface area contributed by atoms with Crippen LogP contribution in [0.4, 0.5) is 0 Å². The lowest BCUT2D eigenvalue weighted by atomic mass is 10.2. The van der Waals surface area contributed by atoms with E-state index in [2.05, 4.69) is 33.8 Å². The van der Waals surface area contributed by atoms with Gasteiger partial charge in [0, 0.05) is 17.0 Å². The number of nitrogens with two attached hydrogens (primary N) is 1. The first-order valence-corrected chi connectivity index (χ1v) is 7.26. The molecule has 3 aromatic rings. The van der Waals surface area contributed by atoms with E-state index in [-0.39, 0.29) is 6.04 Å². The van der Waals surface area contributed by atoms with Gasteiger partial charge in [0.05, 0.1) is 0 Å². The molecule has 0 aliphatic heterocycles. The molecule has 0 fully saturated rings. The zero-order chi connectivity index (χ0) is 13.9. The summed E-state index contributed by atoms with van der Waals surface area (Å²) in [5.41, 5.74) is 8.06. The van der Waals surface area contributed by atoms with E-state index in [9.17, 15) is 0 Å². The first-order valence-electron chi connectivity index (χ1n) is 6.38. The molecule has 0 aliphatic rings. The third kappa shape index (κ3) is 2.35. The van der Waals surface area contributed by atoms with Crippen LogP contribution in [0, 0.1) is 6.92 Å². The second-order valence-corrected chi connectivity index (χ2v) is 5.47. The zero-order valence-corrected chi connectivity index (χ0v) is 11.9. The molecule has 0 amide bonds. The van der Waals surface area contributed by atoms with E-state index in [1.165, 1.54) is 10.4 Å². The molecule has 1 unspecified atom stereocenters. The minimum absolute atomic E-state index is 0.0556. The Bertz CT molecular complexity index is 688. The molecule has 2 aromatic heterocycles. The van der Waals surface area contributed by atoms with Gasteiger partial charge in [0.25, 0.3) is 0 Å². The minimum Gasteiger partial charge on any atom is -0.328 e. The first kappa shape index (κ1) is 13.0. The Hall–Kier alpha value is -2.05. The van der Waals surface area contributed by atoms with Gasteiger partial charge in [-0.1, -0.05) is 30.3 Å². The predicted molar refractivity (Wildman–Crippen MR) is 79.5 cm³/mol. The van der Waals surface area contributed by atoms with Crippen LogP contribution in [0.5, 0.6) is 0 Å². The number of aryl methyl sites for hydroxylation is 1. The number of hydrogen-bond donors (Lipinski definition) is 1. The fraction of sp³-hybridized carbons (Fsp3) is 0.214. The summed E-state index contributed by atoms with van der Waals surface area (Å²) in [6.45, 7) is 2.52. The topological polar surface area (TPSA) is 69.6 Å². The fourth-order valence-corrected chi connectivity index (χ4v) is 3.11. The third-order valence-electron chi connectivity index (χ3n) is 3.17. The van der Waals surface area contributed by atoms with Gasteiger partial charge in [-0.05, 0) is 29.1 Å². The molecule has 0 saturated heterocycles. The largest absolute Gasteiger partial charge is 0.328 e. The standard InChI is InChI=1S/C14H15N5S/c1-10-7-8-20-13(10)12(9-15)19-17-14(16-18-19)11-5-3-2-4-6-11/h2-8,12H,9,15H2,1H3. The molecule has 2 heterocycles. The molecule has 6 heteroatoms. The van der Waals surface area contributed by atoms with Crippen molar-refractivity contribution in [1.82, 2.24) is 20.2 Å². The van der Waals surface area contributed by atoms with Gasteiger partial charge < -0.3 is 5.73 Å². The maximum atomic E-state index is 5.89. The zero-order valence-electron chi connectivity index (χ0n) is 11.1. The molecule has 0 radical (unpaired) electrons. The second kappa shape index (κ2) is 5.52. The highest BCUT2D eigenvalue weighted by Crippen LogP contribution is 2.25. The average molecular weight is 285 g/mol. The van der Waals surface area contributed by atoms with Crippen molar-refractivity contribution in [2.24, 2.45) is 5.73 Å². The van der Waals surface area contributed by atoms with Gasteiger partial charge in [0.2, 0.25) is 5.82 Å². The average Bonchev–Trinajstić information content (AvgIpc) is 3.12. The molecule has 0 bridgehead atoms. The summed E-state index contributed by atoms with van der Waals surface area (Å²) in [7, 11) is 0. The van der Waals surface area contributed by atoms with E-state index < -0.39 is 0 Å². The molecule has 1 atom stereocenters. The van der Waals surface area contributed by atoms with Crippen LogP contribution in [0.2, 0.25) is 0 Å². The van der Waals surface area contributed by atoms with Crippen LogP contribution in [-0.4, -0.2) is 26.8 Å². The Morgan fingerprint density at radius 3 is 2.70 bits per heavy atom. The number of nitrogens with zero attached hydrogens (tertiary/aromatic N) is 4. The summed E-state index contributed by atoms with van der Waals surface area (Å²) in [4.78, 5) is 2.80. The Kier molecular flexibility index (Phi) is 3.58. The van der Waals surface area contributed by atoms with Crippen molar-refractivity contribution in [2.75, 3.05) is 6.54 Å². The first-order chi connectivity index (χ1) is 9.79. The summed E-state index contributed by atoms with van der Waals surface area (Å²) in [6, 6.07) is 11.8. The number of tetrazole rings is 1. The molecule has 2 N–H and O–H groups in total. The Labute approximate surface area is 121 Å². The van der Waals surface area contributed by atoms with Gasteiger partial charge in [-0.15, -0.1) is 21.5 Å². The van der Waals surface area contributed by atoms with Gasteiger partial charge in [0.1, 0.15) is 6.04 Å². The molecule has 5 nitrogen and oxygen atoms in total. The molecular formula is C14H15N5S. The summed E-state index contributed by atoms with van der Waals surface area (Å²) in [5.74, 6) is 0.623. The minimum atomic E-state index is -0.0556. The van der Waals surface area contributed by atoms with Crippen LogP contribution in [0.3, 0.4) is 0 Å². The molecule has 102 valence electrons. The second-order valence-electron chi connectivity index (χ2n) is 4.52. The smallest absolute Gasteiger partial charge is 0.204 e. The number of hydrogen-bond acceptors (Lipinski definition) is 5. The lowest BCUT2D eigenvalue weighted by Gasteiger charge is -2.12. The van der Waals surface area contributed by atoms with E-state index >= 15 is 0 Å². The summed E-state index contributed by atoms with van der Waals surface area (Å²) in [5, 5.41) is 14.8. The van der Waals surface area contributed by atoms with E-state index in [1.54, 1.807) is 16.1 Å². The molecule has 3 rings (SSSR count). The van der Waals surface area contributed by atoms with Crippen molar-refractivity contribution < 1.29 is 0 Å². The van der Waals surface area contributed by atoms with Crippen LogP contribution in [0.1, 0.15) is 16.5 Å². The number of benzene rings is 1. The van der Waals surface area contributed by atoms with E-state index in [0.717, 1.165) is 5.56 Å². The SMILES string of the molecule is Cc1ccsc1C(CN)n1nnc(-c2ccccc2)n1. The number of aromatic nitrogens is 4. The van der Waals surface area contributed by atoms with Gasteiger partial charge in [-0.25, -0.2) is 0 Å². The van der Waals surface area contributed by atoms with Crippen LogP contribution < -0.4 is 5.73 Å². The van der Waals surface area contributed by atoms with Crippen molar-refractivity contribution in [3.8, 4) is 11.4 Å². The summed E-state index contributed by atoms with van der Waals surface area (Å²) in [6.07, 6.45) is 0. The van der Waals surface area contributed by atoms with Crippen molar-refractivity contribution >= 4 is 11.3 Å². The molecular weight excluding hydrogens is 270 g/mol. The summed E-state index contributed by atoms with van der Waals surface area (Å²) >= 11 is 1.67. The Morgan fingerprint density at radius 2 is 2.05 bits per heavy atom. The highest BCUT2D eigenvalue weighted by atomic mass is 32.1. The van der Waals surface area contributed by atoms with E-state index in [4.69, 9.17) is 5.73 Å². The maximum absolute atomic E-state index is 5.89. The molecule has 0 aliphatic carbocycles. The van der Waals surface area contributed by atoms with Crippen molar-refractivity contribution in [3.05, 3.63) is 52.2 Å². The van der Waals surface area contributed by atoms with Crippen LogP contribution >= 0.6 is 11.3 Å². The van der Waals surface area contributed by atoms with Crippen LogP contribution in [0.25, 0.3) is 11.4 Å². The summed E-state index contributed by atoms with van der Waals surface area (Å²) < 4.78 is 0. The molecule has 1 aromatic carbocycles. The molecule has 0 spiro atoms. The predicted octanol–water partition coefficient (Wildman–Crippen LogP) is 2.26. The van der Waals surface area contributed by atoms with Crippen molar-refractivity contribution in [3.63, 3.8) is 0 Å². The van der Waals surface area contributed by atoms with Crippen LogP contribution in [0.15, 0.2) is 41.8 Å². The van der Waals surface area contributed by atoms with E-state index in [0.29, 0.717) is 12.4 Å². The Morgan fingerprint density at radius 1 is 1.25 bits per heavy atom. The fourth-order valence-electron chi connectivity index (χ4n) is 2.09. The van der Waals surface area contributed by atoms with Crippen molar-refractivity contribution in [1.29, 1.82) is 0 Å². The number of rotatable bonds is 4. The Balaban J connectivity index is 1.95. The van der Waals surface area contributed by atoms with Gasteiger partial charge in [-0.3, -0.25) is 0 Å². The monoisotopic (exact) mass is 285 g/mol. The lowest BCUT2D eigenvalue weighted by molar-refractivity contribution is 0.462. The normalized spacial score (nSPS) is 12.5. The van der Waals surface area contributed by atoms with Gasteiger partial charge >= 0.3 is 0 Å². The quantitative estimate of drug-likeness (QED) is 0.798.